The summed E-state index contributed by atoms with van der Waals surface area (Å²) in [6, 6.07) is 0. The fourth-order valence-corrected chi connectivity index (χ4v) is 14.9. The lowest BCUT2D eigenvalue weighted by Gasteiger charge is -2.21. The van der Waals surface area contributed by atoms with Crippen molar-refractivity contribution in [3.05, 3.63) is 0 Å². The summed E-state index contributed by atoms with van der Waals surface area (Å²) >= 11 is 0. The van der Waals surface area contributed by atoms with Crippen LogP contribution in [-0.2, 0) is 65.4 Å². The summed E-state index contributed by atoms with van der Waals surface area (Å²) in [6.07, 6.45) is 73.7. The molecule has 0 saturated heterocycles. The molecule has 17 nitrogen and oxygen atoms in total. The first-order valence-electron chi connectivity index (χ1n) is 44.3. The summed E-state index contributed by atoms with van der Waals surface area (Å²) in [6.45, 7) is 5.03. The predicted molar refractivity (Wildman–Crippen MR) is 428 cm³/mol. The first-order chi connectivity index (χ1) is 50.7. The maximum atomic E-state index is 13.1. The van der Waals surface area contributed by atoms with E-state index in [1.807, 2.05) is 0 Å². The highest BCUT2D eigenvalue weighted by Gasteiger charge is 2.30. The molecule has 0 rings (SSSR count). The monoisotopic (exact) mass is 1520 g/mol. The molecule has 0 aromatic rings. The maximum absolute atomic E-state index is 13.1. The molecule has 0 aliphatic rings. The Labute approximate surface area is 638 Å². The lowest BCUT2D eigenvalue weighted by Crippen LogP contribution is -2.30. The summed E-state index contributed by atoms with van der Waals surface area (Å²) in [5, 5.41) is 10.7. The quantitative estimate of drug-likeness (QED) is 0.0222. The molecule has 19 heteroatoms. The van der Waals surface area contributed by atoms with Crippen LogP contribution in [-0.4, -0.2) is 96.7 Å². The van der Waals surface area contributed by atoms with E-state index in [-0.39, 0.29) is 25.7 Å². The molecular weight excluding hydrogens is 1350 g/mol. The van der Waals surface area contributed by atoms with Crippen LogP contribution in [0.3, 0.4) is 0 Å². The van der Waals surface area contributed by atoms with E-state index in [1.54, 1.807) is 0 Å². The highest BCUT2D eigenvalue weighted by molar-refractivity contribution is 7.47. The highest BCUT2D eigenvalue weighted by atomic mass is 31.2. The zero-order chi connectivity index (χ0) is 76.0. The fourth-order valence-electron chi connectivity index (χ4n) is 13.3. The van der Waals surface area contributed by atoms with Gasteiger partial charge in [-0.15, -0.1) is 0 Å². The molecule has 3 N–H and O–H groups in total. The molecule has 0 bridgehead atoms. The van der Waals surface area contributed by atoms with Crippen molar-refractivity contribution >= 4 is 39.5 Å². The van der Waals surface area contributed by atoms with Gasteiger partial charge in [0.1, 0.15) is 19.3 Å². The Bertz CT molecular complexity index is 1960. The van der Waals surface area contributed by atoms with E-state index in [2.05, 4.69) is 27.7 Å². The van der Waals surface area contributed by atoms with Gasteiger partial charge in [0.2, 0.25) is 0 Å². The van der Waals surface area contributed by atoms with Crippen molar-refractivity contribution in [1.82, 2.24) is 0 Å². The number of phosphoric acid groups is 2. The molecule has 618 valence electrons. The first-order valence-corrected chi connectivity index (χ1v) is 47.3. The fraction of sp³-hybridized carbons (Fsp3) is 0.953. The van der Waals surface area contributed by atoms with Crippen LogP contribution in [0.25, 0.3) is 0 Å². The summed E-state index contributed by atoms with van der Waals surface area (Å²) in [5.41, 5.74) is 0. The van der Waals surface area contributed by atoms with E-state index >= 15 is 0 Å². The number of ether oxygens (including phenoxy) is 4. The van der Waals surface area contributed by atoms with Crippen LogP contribution < -0.4 is 0 Å². The van der Waals surface area contributed by atoms with Gasteiger partial charge in [0, 0.05) is 25.7 Å². The number of hydrogen-bond donors (Lipinski definition) is 3. The number of carbonyl (C=O) groups is 4. The van der Waals surface area contributed by atoms with Gasteiger partial charge in [0.25, 0.3) is 0 Å². The average Bonchev–Trinajstić information content (AvgIpc) is 0.910. The number of rotatable bonds is 86. The summed E-state index contributed by atoms with van der Waals surface area (Å²) in [5.74, 6) is -2.10. The standard InChI is InChI=1S/C85H166O17P2/c1-5-9-13-17-21-25-29-31-33-35-37-39-40-42-44-46-48-52-56-60-64-68-72-85(90)102-81(76-96-83(88)70-66-62-58-54-51-47-45-43-41-38-36-34-32-30-26-22-18-14-10-6-2)78-100-104(93,94)98-74-79(86)73-97-103(91,92)99-77-80(101-84(89)71-67-63-59-55-50-28-24-20-16-12-8-4)75-95-82(87)69-65-61-57-53-49-27-23-19-15-11-7-3/h79-81,86H,5-78H2,1-4H3,(H,91,92)(H,93,94)/t79-,80+,81+/m0/s1. The number of unbranched alkanes of at least 4 members (excludes halogenated alkanes) is 60. The number of esters is 4. The van der Waals surface area contributed by atoms with Gasteiger partial charge >= 0.3 is 39.5 Å². The van der Waals surface area contributed by atoms with Crippen LogP contribution in [0.5, 0.6) is 0 Å². The molecule has 0 saturated carbocycles. The molecule has 2 unspecified atom stereocenters. The molecular formula is C85H166O17P2. The van der Waals surface area contributed by atoms with E-state index in [0.29, 0.717) is 25.7 Å². The van der Waals surface area contributed by atoms with Crippen molar-refractivity contribution in [2.24, 2.45) is 0 Å². The van der Waals surface area contributed by atoms with E-state index in [4.69, 9.17) is 37.0 Å². The number of aliphatic hydroxyl groups excluding tert-OH is 1. The molecule has 0 spiro atoms. The third-order valence-electron chi connectivity index (χ3n) is 20.1. The van der Waals surface area contributed by atoms with Gasteiger partial charge in [-0.1, -0.05) is 413 Å². The summed E-state index contributed by atoms with van der Waals surface area (Å²) in [7, 11) is -9.92. The minimum absolute atomic E-state index is 0.108. The molecule has 0 heterocycles. The van der Waals surface area contributed by atoms with Gasteiger partial charge in [-0.3, -0.25) is 37.3 Å². The largest absolute Gasteiger partial charge is 0.472 e. The van der Waals surface area contributed by atoms with Crippen LogP contribution in [0, 0.1) is 0 Å². The second kappa shape index (κ2) is 79.2. The molecule has 0 fully saturated rings. The van der Waals surface area contributed by atoms with E-state index in [1.165, 1.54) is 295 Å². The Morgan fingerprint density at radius 2 is 0.385 bits per heavy atom. The van der Waals surface area contributed by atoms with Crippen molar-refractivity contribution in [2.75, 3.05) is 39.6 Å². The lowest BCUT2D eigenvalue weighted by atomic mass is 10.0. The number of hydrogen-bond acceptors (Lipinski definition) is 15. The maximum Gasteiger partial charge on any atom is 0.472 e. The molecule has 0 aliphatic carbocycles. The Kier molecular flexibility index (Phi) is 77.7. The molecule has 0 radical (unpaired) electrons. The average molecular weight is 1520 g/mol. The predicted octanol–water partition coefficient (Wildman–Crippen LogP) is 26.1. The summed E-state index contributed by atoms with van der Waals surface area (Å²) < 4.78 is 68.8. The van der Waals surface area contributed by atoms with Gasteiger partial charge in [-0.2, -0.15) is 0 Å². The van der Waals surface area contributed by atoms with Crippen molar-refractivity contribution < 1.29 is 80.2 Å². The molecule has 0 aliphatic heterocycles. The Morgan fingerprint density at radius 3 is 0.567 bits per heavy atom. The SMILES string of the molecule is CCCCCCCCCCCCCCCCCCCCCCCCC(=O)O[C@H](COC(=O)CCCCCCCCCCCCCCCCCCCCCC)COP(=O)(O)OC[C@@H](O)COP(=O)(O)OC[C@@H](COC(=O)CCCCCCCCCCCCC)OC(=O)CCCCCCCCCCCCC. The van der Waals surface area contributed by atoms with E-state index < -0.39 is 97.5 Å². The topological polar surface area (TPSA) is 237 Å². The van der Waals surface area contributed by atoms with Crippen LogP contribution >= 0.6 is 15.6 Å². The van der Waals surface area contributed by atoms with Gasteiger partial charge in [-0.05, 0) is 25.7 Å². The van der Waals surface area contributed by atoms with Crippen molar-refractivity contribution in [1.29, 1.82) is 0 Å². The van der Waals surface area contributed by atoms with Crippen molar-refractivity contribution in [3.8, 4) is 0 Å². The van der Waals surface area contributed by atoms with Crippen molar-refractivity contribution in [3.63, 3.8) is 0 Å². The van der Waals surface area contributed by atoms with Crippen molar-refractivity contribution in [2.45, 2.75) is 483 Å². The normalized spacial score (nSPS) is 13.7. The Hall–Kier alpha value is -1.94. The molecule has 0 aromatic heterocycles. The smallest absolute Gasteiger partial charge is 0.462 e. The molecule has 104 heavy (non-hydrogen) atoms. The second-order valence-electron chi connectivity index (χ2n) is 30.6. The van der Waals surface area contributed by atoms with Crippen LogP contribution in [0.1, 0.15) is 464 Å². The highest BCUT2D eigenvalue weighted by Crippen LogP contribution is 2.45. The molecule has 5 atom stereocenters. The number of aliphatic hydroxyl groups is 1. The number of carbonyl (C=O) groups excluding carboxylic acids is 4. The van der Waals surface area contributed by atoms with Gasteiger partial charge in [-0.25, -0.2) is 9.13 Å². The zero-order valence-corrected chi connectivity index (χ0v) is 69.8. The minimum Gasteiger partial charge on any atom is -0.462 e. The Morgan fingerprint density at radius 1 is 0.231 bits per heavy atom. The molecule has 0 aromatic carbocycles. The summed E-state index contributed by atoms with van der Waals surface area (Å²) in [4.78, 5) is 73.1. The van der Waals surface area contributed by atoms with Gasteiger partial charge in [0.05, 0.1) is 26.4 Å². The third-order valence-corrected chi connectivity index (χ3v) is 22.0. The van der Waals surface area contributed by atoms with Gasteiger partial charge in [0.15, 0.2) is 12.2 Å². The minimum atomic E-state index is -4.96. The second-order valence-corrected chi connectivity index (χ2v) is 33.5. The first kappa shape index (κ1) is 102. The van der Waals surface area contributed by atoms with E-state index in [0.717, 1.165) is 89.9 Å². The Balaban J connectivity index is 5.19. The molecule has 0 amide bonds. The zero-order valence-electron chi connectivity index (χ0n) is 68.0. The van der Waals surface area contributed by atoms with Crippen LogP contribution in [0.4, 0.5) is 0 Å². The third kappa shape index (κ3) is 78.2. The van der Waals surface area contributed by atoms with E-state index in [9.17, 15) is 43.2 Å². The van der Waals surface area contributed by atoms with Gasteiger partial charge < -0.3 is 33.8 Å². The lowest BCUT2D eigenvalue weighted by molar-refractivity contribution is -0.161. The number of phosphoric ester groups is 2. The van der Waals surface area contributed by atoms with Crippen LogP contribution in [0.15, 0.2) is 0 Å². The van der Waals surface area contributed by atoms with Crippen LogP contribution in [0.2, 0.25) is 0 Å².